The minimum atomic E-state index is -0.527. The van der Waals surface area contributed by atoms with Crippen LogP contribution in [0.15, 0.2) is 72.8 Å². The number of nitro benzene ring substituents is 1. The monoisotopic (exact) mass is 408 g/mol. The van der Waals surface area contributed by atoms with E-state index in [2.05, 4.69) is 16.0 Å². The number of non-ortho nitro benzene ring substituents is 1. The van der Waals surface area contributed by atoms with Crippen molar-refractivity contribution in [2.24, 2.45) is 0 Å². The number of benzene rings is 3. The number of nitro groups is 1. The predicted molar refractivity (Wildman–Crippen MR) is 111 cm³/mol. The summed E-state index contributed by atoms with van der Waals surface area (Å²) in [4.78, 5) is 35.1. The zero-order valence-corrected chi connectivity index (χ0v) is 15.6. The number of nitrogens with zero attached hydrogens (tertiary/aromatic N) is 1. The minimum absolute atomic E-state index is 0.0942. The first kappa shape index (κ1) is 20.5. The molecule has 0 unspecified atom stereocenters. The summed E-state index contributed by atoms with van der Waals surface area (Å²) in [6.45, 7) is -0.158. The van der Waals surface area contributed by atoms with E-state index in [1.807, 2.05) is 0 Å². The zero-order valence-electron chi connectivity index (χ0n) is 15.6. The predicted octanol–water partition coefficient (Wildman–Crippen LogP) is 4.04. The van der Waals surface area contributed by atoms with Gasteiger partial charge >= 0.3 is 0 Å². The molecule has 9 heteroatoms. The van der Waals surface area contributed by atoms with Gasteiger partial charge in [-0.15, -0.1) is 0 Å². The van der Waals surface area contributed by atoms with Gasteiger partial charge in [0.25, 0.3) is 11.6 Å². The average Bonchev–Trinajstić information content (AvgIpc) is 2.74. The molecule has 0 aromatic heterocycles. The maximum atomic E-state index is 13.0. The molecule has 30 heavy (non-hydrogen) atoms. The van der Waals surface area contributed by atoms with E-state index < -0.39 is 22.6 Å². The minimum Gasteiger partial charge on any atom is -0.376 e. The number of hydrogen-bond donors (Lipinski definition) is 3. The van der Waals surface area contributed by atoms with Crippen LogP contribution in [0.2, 0.25) is 0 Å². The topological polar surface area (TPSA) is 113 Å². The second-order valence-electron chi connectivity index (χ2n) is 6.22. The number of halogens is 1. The van der Waals surface area contributed by atoms with Gasteiger partial charge in [0, 0.05) is 23.5 Å². The normalized spacial score (nSPS) is 10.2. The van der Waals surface area contributed by atoms with E-state index in [1.54, 1.807) is 30.3 Å². The molecular formula is C21H17FN4O4. The number of rotatable bonds is 7. The fraction of sp³-hybridized carbons (Fsp3) is 0.0476. The van der Waals surface area contributed by atoms with Crippen molar-refractivity contribution in [1.82, 2.24) is 0 Å². The van der Waals surface area contributed by atoms with Crippen molar-refractivity contribution in [2.75, 3.05) is 22.5 Å². The van der Waals surface area contributed by atoms with Gasteiger partial charge in [0.2, 0.25) is 5.91 Å². The molecule has 3 aromatic rings. The third-order valence-corrected chi connectivity index (χ3v) is 4.06. The van der Waals surface area contributed by atoms with Crippen LogP contribution in [0.4, 0.5) is 27.1 Å². The van der Waals surface area contributed by atoms with Crippen molar-refractivity contribution in [3.05, 3.63) is 94.3 Å². The van der Waals surface area contributed by atoms with E-state index in [1.165, 1.54) is 42.5 Å². The Morgan fingerprint density at radius 3 is 2.37 bits per heavy atom. The third-order valence-electron chi connectivity index (χ3n) is 4.06. The van der Waals surface area contributed by atoms with Crippen LogP contribution in [0.25, 0.3) is 0 Å². The van der Waals surface area contributed by atoms with E-state index in [4.69, 9.17) is 0 Å². The summed E-state index contributed by atoms with van der Waals surface area (Å²) < 4.78 is 13.0. The smallest absolute Gasteiger partial charge is 0.271 e. The Kier molecular flexibility index (Phi) is 6.33. The average molecular weight is 408 g/mol. The molecule has 3 rings (SSSR count). The van der Waals surface area contributed by atoms with Gasteiger partial charge in [-0.2, -0.15) is 0 Å². The van der Waals surface area contributed by atoms with Crippen LogP contribution in [-0.2, 0) is 4.79 Å². The molecule has 0 radical (unpaired) electrons. The highest BCUT2D eigenvalue weighted by atomic mass is 19.1. The first-order valence-electron chi connectivity index (χ1n) is 8.86. The molecule has 0 saturated heterocycles. The largest absolute Gasteiger partial charge is 0.376 e. The molecular weight excluding hydrogens is 391 g/mol. The lowest BCUT2D eigenvalue weighted by Gasteiger charge is -2.12. The van der Waals surface area contributed by atoms with Crippen molar-refractivity contribution >= 4 is 34.6 Å². The molecule has 3 aromatic carbocycles. The van der Waals surface area contributed by atoms with Crippen LogP contribution < -0.4 is 16.0 Å². The first-order valence-corrected chi connectivity index (χ1v) is 8.86. The number of carbonyl (C=O) groups excluding carboxylic acids is 2. The summed E-state index contributed by atoms with van der Waals surface area (Å²) in [5.41, 5.74) is 1.26. The Morgan fingerprint density at radius 1 is 0.900 bits per heavy atom. The van der Waals surface area contributed by atoms with Gasteiger partial charge in [-0.3, -0.25) is 19.7 Å². The van der Waals surface area contributed by atoms with Crippen LogP contribution in [0.3, 0.4) is 0 Å². The molecule has 0 atom stereocenters. The van der Waals surface area contributed by atoms with E-state index >= 15 is 0 Å². The first-order chi connectivity index (χ1) is 14.4. The lowest BCUT2D eigenvalue weighted by Crippen LogP contribution is -2.24. The highest BCUT2D eigenvalue weighted by Crippen LogP contribution is 2.19. The number of hydrogen-bond acceptors (Lipinski definition) is 5. The lowest BCUT2D eigenvalue weighted by atomic mass is 10.1. The second-order valence-corrected chi connectivity index (χ2v) is 6.22. The number of nitrogens with one attached hydrogen (secondary N) is 3. The summed E-state index contributed by atoms with van der Waals surface area (Å²) in [7, 11) is 0. The Bertz CT molecular complexity index is 1090. The second kappa shape index (κ2) is 9.28. The fourth-order valence-corrected chi connectivity index (χ4v) is 2.63. The molecule has 2 amide bonds. The Balaban J connectivity index is 1.64. The van der Waals surface area contributed by atoms with E-state index in [0.29, 0.717) is 17.1 Å². The Hall–Kier alpha value is -4.27. The van der Waals surface area contributed by atoms with Crippen LogP contribution in [0.1, 0.15) is 10.4 Å². The number of para-hydroxylation sites is 1. The Labute approximate surface area is 170 Å². The third kappa shape index (κ3) is 5.38. The van der Waals surface area contributed by atoms with E-state index in [0.717, 1.165) is 0 Å². The summed E-state index contributed by atoms with van der Waals surface area (Å²) in [6, 6.07) is 17.5. The highest BCUT2D eigenvalue weighted by Gasteiger charge is 2.14. The molecule has 0 aliphatic rings. The quantitative estimate of drug-likeness (QED) is 0.403. The molecule has 0 fully saturated rings. The van der Waals surface area contributed by atoms with E-state index in [9.17, 15) is 24.1 Å². The summed E-state index contributed by atoms with van der Waals surface area (Å²) in [5, 5.41) is 18.9. The van der Waals surface area contributed by atoms with Gasteiger partial charge in [0.1, 0.15) is 5.82 Å². The van der Waals surface area contributed by atoms with Crippen LogP contribution in [-0.4, -0.2) is 23.3 Å². The summed E-state index contributed by atoms with van der Waals surface area (Å²) in [5.74, 6) is -1.33. The number of anilines is 3. The highest BCUT2D eigenvalue weighted by molar-refractivity contribution is 6.10. The van der Waals surface area contributed by atoms with Gasteiger partial charge in [-0.1, -0.05) is 18.2 Å². The molecule has 0 aliphatic carbocycles. The molecule has 8 nitrogen and oxygen atoms in total. The molecule has 0 heterocycles. The molecule has 152 valence electrons. The fourth-order valence-electron chi connectivity index (χ4n) is 2.63. The maximum Gasteiger partial charge on any atom is 0.271 e. The van der Waals surface area contributed by atoms with Gasteiger partial charge in [-0.25, -0.2) is 4.39 Å². The Morgan fingerprint density at radius 2 is 1.63 bits per heavy atom. The molecule has 3 N–H and O–H groups in total. The molecule has 0 bridgehead atoms. The van der Waals surface area contributed by atoms with E-state index in [-0.39, 0.29) is 17.8 Å². The SMILES string of the molecule is O=C(CNc1cccc([N+](=O)[O-])c1)Nc1ccccc1C(=O)Nc1ccc(F)cc1. The van der Waals surface area contributed by atoms with Crippen molar-refractivity contribution in [3.63, 3.8) is 0 Å². The molecule has 0 spiro atoms. The number of carbonyl (C=O) groups is 2. The molecule has 0 aliphatic heterocycles. The van der Waals surface area contributed by atoms with Crippen molar-refractivity contribution in [3.8, 4) is 0 Å². The standard InChI is InChI=1S/C21H17FN4O4/c22-14-8-10-15(11-9-14)24-21(28)18-6-1-2-7-19(18)25-20(27)13-23-16-4-3-5-17(12-16)26(29)30/h1-12,23H,13H2,(H,24,28)(H,25,27). The van der Waals surface area contributed by atoms with Gasteiger partial charge in [0.15, 0.2) is 0 Å². The van der Waals surface area contributed by atoms with Gasteiger partial charge in [0.05, 0.1) is 22.7 Å². The molecule has 0 saturated carbocycles. The van der Waals surface area contributed by atoms with Crippen molar-refractivity contribution < 1.29 is 18.9 Å². The van der Waals surface area contributed by atoms with Crippen LogP contribution in [0, 0.1) is 15.9 Å². The van der Waals surface area contributed by atoms with Crippen molar-refractivity contribution in [1.29, 1.82) is 0 Å². The number of amides is 2. The van der Waals surface area contributed by atoms with Crippen molar-refractivity contribution in [2.45, 2.75) is 0 Å². The lowest BCUT2D eigenvalue weighted by molar-refractivity contribution is -0.384. The van der Waals surface area contributed by atoms with Crippen LogP contribution >= 0.6 is 0 Å². The van der Waals surface area contributed by atoms with Crippen LogP contribution in [0.5, 0.6) is 0 Å². The maximum absolute atomic E-state index is 13.0. The van der Waals surface area contributed by atoms with Gasteiger partial charge in [-0.05, 0) is 42.5 Å². The summed E-state index contributed by atoms with van der Waals surface area (Å²) in [6.07, 6.45) is 0. The van der Waals surface area contributed by atoms with Gasteiger partial charge < -0.3 is 16.0 Å². The zero-order chi connectivity index (χ0) is 21.5. The summed E-state index contributed by atoms with van der Waals surface area (Å²) >= 11 is 0.